The number of thioether (sulfide) groups is 1. The Bertz CT molecular complexity index is 136. The Hall–Kier alpha value is -0.180. The van der Waals surface area contributed by atoms with E-state index in [0.717, 1.165) is 5.75 Å². The summed E-state index contributed by atoms with van der Waals surface area (Å²) in [6.45, 7) is 6.49. The molecule has 1 atom stereocenters. The zero-order chi connectivity index (χ0) is 9.56. The summed E-state index contributed by atoms with van der Waals surface area (Å²) in [5.74, 6) is 1.99. The molecule has 0 aliphatic rings. The van der Waals surface area contributed by atoms with Gasteiger partial charge in [-0.15, -0.1) is 0 Å². The molecule has 0 aliphatic carbocycles. The number of rotatable bonds is 5. The molecule has 0 heterocycles. The molecule has 1 N–H and O–H groups in total. The summed E-state index contributed by atoms with van der Waals surface area (Å²) in [5.41, 5.74) is 0. The van der Waals surface area contributed by atoms with Crippen LogP contribution in [0.25, 0.3) is 0 Å². The zero-order valence-electron chi connectivity index (χ0n) is 8.39. The van der Waals surface area contributed by atoms with E-state index in [0.29, 0.717) is 17.6 Å². The molecule has 0 aromatic heterocycles. The Morgan fingerprint density at radius 3 is 2.42 bits per heavy atom. The van der Waals surface area contributed by atoms with Crippen LogP contribution in [0, 0.1) is 5.92 Å². The highest BCUT2D eigenvalue weighted by atomic mass is 32.2. The quantitative estimate of drug-likeness (QED) is 0.715. The molecule has 0 aromatic rings. The SMILES string of the molecule is CNC(=O)CC(C)SCC(C)C. The summed E-state index contributed by atoms with van der Waals surface area (Å²) >= 11 is 1.87. The lowest BCUT2D eigenvalue weighted by Gasteiger charge is -2.11. The fourth-order valence-electron chi connectivity index (χ4n) is 0.779. The van der Waals surface area contributed by atoms with Crippen molar-refractivity contribution in [1.29, 1.82) is 0 Å². The Labute approximate surface area is 79.5 Å². The normalized spacial score (nSPS) is 13.1. The molecular formula is C9H19NOS. The zero-order valence-corrected chi connectivity index (χ0v) is 9.20. The van der Waals surface area contributed by atoms with Crippen LogP contribution in [-0.4, -0.2) is 24.0 Å². The van der Waals surface area contributed by atoms with E-state index in [9.17, 15) is 4.79 Å². The largest absolute Gasteiger partial charge is 0.359 e. The van der Waals surface area contributed by atoms with Crippen molar-refractivity contribution in [1.82, 2.24) is 5.32 Å². The second-order valence-corrected chi connectivity index (χ2v) is 4.89. The lowest BCUT2D eigenvalue weighted by Crippen LogP contribution is -2.21. The molecule has 1 unspecified atom stereocenters. The number of hydrogen-bond donors (Lipinski definition) is 1. The third-order valence-electron chi connectivity index (χ3n) is 1.47. The first-order chi connectivity index (χ1) is 5.56. The van der Waals surface area contributed by atoms with Gasteiger partial charge in [-0.1, -0.05) is 20.8 Å². The topological polar surface area (TPSA) is 29.1 Å². The molecular weight excluding hydrogens is 170 g/mol. The minimum absolute atomic E-state index is 0.138. The molecule has 0 aliphatic heterocycles. The number of carbonyl (C=O) groups is 1. The van der Waals surface area contributed by atoms with Crippen molar-refractivity contribution in [2.45, 2.75) is 32.4 Å². The third kappa shape index (κ3) is 6.53. The van der Waals surface area contributed by atoms with Gasteiger partial charge in [0.2, 0.25) is 5.91 Å². The molecule has 0 spiro atoms. The molecule has 0 radical (unpaired) electrons. The van der Waals surface area contributed by atoms with Gasteiger partial charge < -0.3 is 5.32 Å². The fraction of sp³-hybridized carbons (Fsp3) is 0.889. The first-order valence-electron chi connectivity index (χ1n) is 4.38. The standard InChI is InChI=1S/C9H19NOS/c1-7(2)6-12-8(3)5-9(11)10-4/h7-8H,5-6H2,1-4H3,(H,10,11). The van der Waals surface area contributed by atoms with Crippen LogP contribution in [0.2, 0.25) is 0 Å². The lowest BCUT2D eigenvalue weighted by molar-refractivity contribution is -0.120. The molecule has 0 aromatic carbocycles. The van der Waals surface area contributed by atoms with Crippen LogP contribution in [0.15, 0.2) is 0 Å². The van der Waals surface area contributed by atoms with Gasteiger partial charge in [0.15, 0.2) is 0 Å². The van der Waals surface area contributed by atoms with Crippen molar-refractivity contribution in [3.63, 3.8) is 0 Å². The van der Waals surface area contributed by atoms with Crippen molar-refractivity contribution < 1.29 is 4.79 Å². The summed E-state index contributed by atoms with van der Waals surface area (Å²) in [5, 5.41) is 3.07. The molecule has 12 heavy (non-hydrogen) atoms. The van der Waals surface area contributed by atoms with Crippen molar-refractivity contribution in [3.8, 4) is 0 Å². The van der Waals surface area contributed by atoms with Gasteiger partial charge in [-0.05, 0) is 11.7 Å². The van der Waals surface area contributed by atoms with Crippen molar-refractivity contribution >= 4 is 17.7 Å². The van der Waals surface area contributed by atoms with Crippen molar-refractivity contribution in [3.05, 3.63) is 0 Å². The van der Waals surface area contributed by atoms with E-state index < -0.39 is 0 Å². The molecule has 0 saturated carbocycles. The summed E-state index contributed by atoms with van der Waals surface area (Å²) in [7, 11) is 1.68. The van der Waals surface area contributed by atoms with Crippen LogP contribution in [-0.2, 0) is 4.79 Å². The highest BCUT2D eigenvalue weighted by Gasteiger charge is 2.08. The Morgan fingerprint density at radius 1 is 1.42 bits per heavy atom. The molecule has 72 valence electrons. The molecule has 1 amide bonds. The molecule has 0 bridgehead atoms. The smallest absolute Gasteiger partial charge is 0.220 e. The number of nitrogens with one attached hydrogen (secondary N) is 1. The van der Waals surface area contributed by atoms with Crippen LogP contribution in [0.5, 0.6) is 0 Å². The summed E-state index contributed by atoms with van der Waals surface area (Å²) < 4.78 is 0. The average molecular weight is 189 g/mol. The van der Waals surface area contributed by atoms with E-state index in [4.69, 9.17) is 0 Å². The Kier molecular flexibility index (Phi) is 6.25. The second-order valence-electron chi connectivity index (χ2n) is 3.42. The maximum Gasteiger partial charge on any atom is 0.220 e. The van der Waals surface area contributed by atoms with E-state index in [1.54, 1.807) is 7.05 Å². The van der Waals surface area contributed by atoms with Gasteiger partial charge in [0.05, 0.1) is 0 Å². The fourth-order valence-corrected chi connectivity index (χ4v) is 1.76. The van der Waals surface area contributed by atoms with Crippen molar-refractivity contribution in [2.24, 2.45) is 5.92 Å². The van der Waals surface area contributed by atoms with Crippen LogP contribution >= 0.6 is 11.8 Å². The van der Waals surface area contributed by atoms with Crippen LogP contribution in [0.4, 0.5) is 0 Å². The van der Waals surface area contributed by atoms with Gasteiger partial charge in [0.25, 0.3) is 0 Å². The highest BCUT2D eigenvalue weighted by molar-refractivity contribution is 7.99. The highest BCUT2D eigenvalue weighted by Crippen LogP contribution is 2.16. The minimum Gasteiger partial charge on any atom is -0.359 e. The van der Waals surface area contributed by atoms with E-state index >= 15 is 0 Å². The number of hydrogen-bond acceptors (Lipinski definition) is 2. The van der Waals surface area contributed by atoms with Gasteiger partial charge in [0.1, 0.15) is 0 Å². The number of carbonyl (C=O) groups excluding carboxylic acids is 1. The average Bonchev–Trinajstić information content (AvgIpc) is 2.00. The van der Waals surface area contributed by atoms with E-state index in [1.165, 1.54) is 0 Å². The Morgan fingerprint density at radius 2 is 2.00 bits per heavy atom. The van der Waals surface area contributed by atoms with Crippen LogP contribution in [0.1, 0.15) is 27.2 Å². The van der Waals surface area contributed by atoms with E-state index in [-0.39, 0.29) is 5.91 Å². The van der Waals surface area contributed by atoms with Crippen LogP contribution < -0.4 is 5.32 Å². The minimum atomic E-state index is 0.138. The third-order valence-corrected chi connectivity index (χ3v) is 3.06. The predicted molar refractivity (Wildman–Crippen MR) is 55.4 cm³/mol. The molecule has 2 nitrogen and oxygen atoms in total. The van der Waals surface area contributed by atoms with E-state index in [1.807, 2.05) is 11.8 Å². The Balaban J connectivity index is 3.45. The van der Waals surface area contributed by atoms with Crippen LogP contribution in [0.3, 0.4) is 0 Å². The monoisotopic (exact) mass is 189 g/mol. The molecule has 0 saturated heterocycles. The molecule has 0 rings (SSSR count). The summed E-state index contributed by atoms with van der Waals surface area (Å²) in [6, 6.07) is 0. The maximum atomic E-state index is 10.9. The predicted octanol–water partition coefficient (Wildman–Crippen LogP) is 1.90. The van der Waals surface area contributed by atoms with Crippen molar-refractivity contribution in [2.75, 3.05) is 12.8 Å². The first-order valence-corrected chi connectivity index (χ1v) is 5.43. The van der Waals surface area contributed by atoms with Gasteiger partial charge in [-0.3, -0.25) is 4.79 Å². The summed E-state index contributed by atoms with van der Waals surface area (Å²) in [6.07, 6.45) is 0.633. The second kappa shape index (κ2) is 6.35. The van der Waals surface area contributed by atoms with E-state index in [2.05, 4.69) is 26.1 Å². The van der Waals surface area contributed by atoms with Gasteiger partial charge in [-0.2, -0.15) is 11.8 Å². The molecule has 0 fully saturated rings. The number of amides is 1. The molecule has 3 heteroatoms. The van der Waals surface area contributed by atoms with Gasteiger partial charge in [0, 0.05) is 18.7 Å². The first kappa shape index (κ1) is 11.8. The van der Waals surface area contributed by atoms with Gasteiger partial charge >= 0.3 is 0 Å². The maximum absolute atomic E-state index is 10.9. The van der Waals surface area contributed by atoms with Gasteiger partial charge in [-0.25, -0.2) is 0 Å². The summed E-state index contributed by atoms with van der Waals surface area (Å²) in [4.78, 5) is 10.9. The lowest BCUT2D eigenvalue weighted by atomic mass is 10.3.